The molecule has 0 saturated carbocycles. The molecule has 2 aromatic carbocycles. The van der Waals surface area contributed by atoms with E-state index >= 15 is 0 Å². The lowest BCUT2D eigenvalue weighted by Gasteiger charge is -2.22. The molecular weight excluding hydrogens is 352 g/mol. The van der Waals surface area contributed by atoms with Crippen LogP contribution in [0.5, 0.6) is 0 Å². The van der Waals surface area contributed by atoms with Crippen molar-refractivity contribution < 1.29 is 13.3 Å². The summed E-state index contributed by atoms with van der Waals surface area (Å²) in [5.74, 6) is 0.461. The second-order valence-corrected chi connectivity index (χ2v) is 8.49. The number of benzene rings is 2. The predicted octanol–water partition coefficient (Wildman–Crippen LogP) is 4.22. The Morgan fingerprint density at radius 3 is 2.27 bits per heavy atom. The molecule has 0 N–H and O–H groups in total. The van der Waals surface area contributed by atoms with Crippen LogP contribution in [0.3, 0.4) is 0 Å². The minimum Gasteiger partial charge on any atom is -0.258 e. The van der Waals surface area contributed by atoms with E-state index in [-0.39, 0.29) is 11.4 Å². The Balaban J connectivity index is 2.37. The fraction of sp³-hybridized carbons (Fsp3) is 0.368. The second kappa shape index (κ2) is 8.91. The molecule has 2 aromatic rings. The molecule has 26 heavy (non-hydrogen) atoms. The highest BCUT2D eigenvalue weighted by Gasteiger charge is 2.31. The maximum atomic E-state index is 13.2. The molecule has 2 rings (SSSR count). The number of nitro benzene ring substituents is 1. The van der Waals surface area contributed by atoms with Gasteiger partial charge in [-0.1, -0.05) is 56.3 Å². The lowest BCUT2D eigenvalue weighted by atomic mass is 10.1. The third-order valence-corrected chi connectivity index (χ3v) is 5.96. The third kappa shape index (κ3) is 5.12. The summed E-state index contributed by atoms with van der Waals surface area (Å²) in [5, 5.41) is 11.3. The van der Waals surface area contributed by atoms with Crippen molar-refractivity contribution in [1.29, 1.82) is 0 Å². The van der Waals surface area contributed by atoms with Crippen LogP contribution in [0.1, 0.15) is 32.3 Å². The zero-order valence-electron chi connectivity index (χ0n) is 15.0. The predicted molar refractivity (Wildman–Crippen MR) is 101 cm³/mol. The van der Waals surface area contributed by atoms with E-state index in [1.54, 1.807) is 0 Å². The minimum atomic E-state index is -3.98. The molecule has 0 aliphatic carbocycles. The van der Waals surface area contributed by atoms with Crippen LogP contribution in [0.2, 0.25) is 0 Å². The quantitative estimate of drug-likeness (QED) is 0.485. The summed E-state index contributed by atoms with van der Waals surface area (Å²) in [4.78, 5) is 10.4. The summed E-state index contributed by atoms with van der Waals surface area (Å²) in [6.07, 6.45) is 1.59. The first-order chi connectivity index (χ1) is 12.3. The molecule has 140 valence electrons. The van der Waals surface area contributed by atoms with Gasteiger partial charge in [-0.3, -0.25) is 10.1 Å². The Kier molecular flexibility index (Phi) is 6.88. The monoisotopic (exact) mass is 376 g/mol. The van der Waals surface area contributed by atoms with Gasteiger partial charge in [0.1, 0.15) is 0 Å². The Labute approximate surface area is 154 Å². The van der Waals surface area contributed by atoms with Crippen molar-refractivity contribution in [2.45, 2.75) is 38.1 Å². The van der Waals surface area contributed by atoms with Crippen molar-refractivity contribution in [3.8, 4) is 0 Å². The standard InChI is InChI=1S/C19H24N2O4S/c1-16(2)9-8-14-20(15-17-10-4-3-5-11-17)26(24,25)19-13-7-6-12-18(19)21(22)23/h3-7,10-13,16H,8-9,14-15H2,1-2H3. The SMILES string of the molecule is CC(C)CCCN(Cc1ccccc1)S(=O)(=O)c1ccccc1[N+](=O)[O-]. The van der Waals surface area contributed by atoms with E-state index in [4.69, 9.17) is 0 Å². The Bertz CT molecular complexity index is 836. The van der Waals surface area contributed by atoms with Gasteiger partial charge in [0.15, 0.2) is 4.90 Å². The first-order valence-corrected chi connectivity index (χ1v) is 10.0. The average molecular weight is 376 g/mol. The molecule has 0 atom stereocenters. The van der Waals surface area contributed by atoms with E-state index in [1.807, 2.05) is 30.3 Å². The lowest BCUT2D eigenvalue weighted by molar-refractivity contribution is -0.387. The van der Waals surface area contributed by atoms with Gasteiger partial charge in [0, 0.05) is 19.2 Å². The van der Waals surface area contributed by atoms with Gasteiger partial charge in [0.2, 0.25) is 10.0 Å². The molecule has 0 spiro atoms. The summed E-state index contributed by atoms with van der Waals surface area (Å²) in [6, 6.07) is 14.8. The molecule has 0 unspecified atom stereocenters. The first kappa shape index (κ1) is 20.1. The van der Waals surface area contributed by atoms with E-state index in [2.05, 4.69) is 13.8 Å². The number of hydrogen-bond acceptors (Lipinski definition) is 4. The third-order valence-electron chi connectivity index (χ3n) is 4.07. The highest BCUT2D eigenvalue weighted by molar-refractivity contribution is 7.89. The van der Waals surface area contributed by atoms with Gasteiger partial charge >= 0.3 is 0 Å². The van der Waals surface area contributed by atoms with Crippen LogP contribution in [-0.4, -0.2) is 24.2 Å². The number of para-hydroxylation sites is 1. The molecule has 0 aliphatic rings. The molecule has 0 aliphatic heterocycles. The number of nitrogens with zero attached hydrogens (tertiary/aromatic N) is 2. The van der Waals surface area contributed by atoms with Crippen LogP contribution >= 0.6 is 0 Å². The van der Waals surface area contributed by atoms with Crippen molar-refractivity contribution in [2.24, 2.45) is 5.92 Å². The summed E-state index contributed by atoms with van der Waals surface area (Å²) >= 11 is 0. The molecule has 0 fully saturated rings. The van der Waals surface area contributed by atoms with E-state index in [0.717, 1.165) is 12.0 Å². The van der Waals surface area contributed by atoms with Gasteiger partial charge in [-0.15, -0.1) is 0 Å². The number of nitro groups is 1. The highest BCUT2D eigenvalue weighted by Crippen LogP contribution is 2.27. The summed E-state index contributed by atoms with van der Waals surface area (Å²) < 4.78 is 27.7. The van der Waals surface area contributed by atoms with Crippen molar-refractivity contribution in [3.63, 3.8) is 0 Å². The average Bonchev–Trinajstić information content (AvgIpc) is 2.61. The van der Waals surface area contributed by atoms with E-state index < -0.39 is 20.6 Å². The van der Waals surface area contributed by atoms with Crippen molar-refractivity contribution in [2.75, 3.05) is 6.54 Å². The first-order valence-electron chi connectivity index (χ1n) is 8.60. The zero-order valence-corrected chi connectivity index (χ0v) is 15.9. The van der Waals surface area contributed by atoms with Gasteiger partial charge in [-0.05, 0) is 30.4 Å². The molecule has 7 heteroatoms. The molecule has 0 saturated heterocycles. The number of hydrogen-bond donors (Lipinski definition) is 0. The molecular formula is C19H24N2O4S. The van der Waals surface area contributed by atoms with E-state index in [9.17, 15) is 18.5 Å². The van der Waals surface area contributed by atoms with Crippen LogP contribution in [-0.2, 0) is 16.6 Å². The van der Waals surface area contributed by atoms with Gasteiger partial charge in [-0.25, -0.2) is 8.42 Å². The van der Waals surface area contributed by atoms with E-state index in [0.29, 0.717) is 18.9 Å². The minimum absolute atomic E-state index is 0.188. The van der Waals surface area contributed by atoms with Crippen LogP contribution in [0.4, 0.5) is 5.69 Å². The van der Waals surface area contributed by atoms with Crippen LogP contribution in [0, 0.1) is 16.0 Å². The Hall–Kier alpha value is -2.25. The van der Waals surface area contributed by atoms with Crippen LogP contribution in [0.15, 0.2) is 59.5 Å². The number of sulfonamides is 1. The molecule has 0 heterocycles. The largest absolute Gasteiger partial charge is 0.289 e. The Morgan fingerprint density at radius 1 is 1.04 bits per heavy atom. The summed E-state index contributed by atoms with van der Waals surface area (Å²) in [7, 11) is -3.98. The smallest absolute Gasteiger partial charge is 0.258 e. The maximum Gasteiger partial charge on any atom is 0.289 e. The lowest BCUT2D eigenvalue weighted by Crippen LogP contribution is -2.32. The van der Waals surface area contributed by atoms with Crippen molar-refractivity contribution >= 4 is 15.7 Å². The summed E-state index contributed by atoms with van der Waals surface area (Å²) in [5.41, 5.74) is 0.452. The molecule has 0 amide bonds. The fourth-order valence-electron chi connectivity index (χ4n) is 2.71. The highest BCUT2D eigenvalue weighted by atomic mass is 32.2. The van der Waals surface area contributed by atoms with E-state index in [1.165, 1.54) is 28.6 Å². The summed E-state index contributed by atoms with van der Waals surface area (Å²) in [6.45, 7) is 4.67. The van der Waals surface area contributed by atoms with Gasteiger partial charge in [-0.2, -0.15) is 4.31 Å². The van der Waals surface area contributed by atoms with Gasteiger partial charge in [0.25, 0.3) is 5.69 Å². The zero-order chi connectivity index (χ0) is 19.2. The topological polar surface area (TPSA) is 80.5 Å². The normalized spacial score (nSPS) is 11.8. The molecule has 0 aromatic heterocycles. The fourth-order valence-corrected chi connectivity index (χ4v) is 4.34. The van der Waals surface area contributed by atoms with Crippen LogP contribution < -0.4 is 0 Å². The maximum absolute atomic E-state index is 13.2. The second-order valence-electron chi connectivity index (χ2n) is 6.59. The molecule has 6 nitrogen and oxygen atoms in total. The number of rotatable bonds is 9. The van der Waals surface area contributed by atoms with Crippen molar-refractivity contribution in [1.82, 2.24) is 4.31 Å². The molecule has 0 radical (unpaired) electrons. The van der Waals surface area contributed by atoms with Crippen molar-refractivity contribution in [3.05, 3.63) is 70.3 Å². The van der Waals surface area contributed by atoms with Gasteiger partial charge < -0.3 is 0 Å². The van der Waals surface area contributed by atoms with Gasteiger partial charge in [0.05, 0.1) is 4.92 Å². The Morgan fingerprint density at radius 2 is 1.65 bits per heavy atom. The molecule has 0 bridgehead atoms. The van der Waals surface area contributed by atoms with Crippen LogP contribution in [0.25, 0.3) is 0 Å².